The molecule has 0 aromatic carbocycles. The maximum Gasteiger partial charge on any atom is 0.349 e. The summed E-state index contributed by atoms with van der Waals surface area (Å²) in [4.78, 5) is 17.0. The Morgan fingerprint density at radius 3 is 3.22 bits per heavy atom. The Hall–Kier alpha value is -2.15. The van der Waals surface area contributed by atoms with Crippen molar-refractivity contribution in [1.82, 2.24) is 19.6 Å². The van der Waals surface area contributed by atoms with Gasteiger partial charge < -0.3 is 5.32 Å². The lowest BCUT2D eigenvalue weighted by atomic mass is 10.4. The molecule has 0 saturated carbocycles. The first-order chi connectivity index (χ1) is 8.74. The number of hydrogen-bond acceptors (Lipinski definition) is 5. The Kier molecular flexibility index (Phi) is 2.60. The Bertz CT molecular complexity index is 728. The van der Waals surface area contributed by atoms with Crippen LogP contribution in [0.15, 0.2) is 28.4 Å². The van der Waals surface area contributed by atoms with E-state index in [0.717, 1.165) is 6.54 Å². The van der Waals surface area contributed by atoms with Crippen molar-refractivity contribution in [2.45, 2.75) is 13.5 Å². The number of aromatic nitrogens is 4. The molecule has 7 heteroatoms. The zero-order valence-corrected chi connectivity index (χ0v) is 10.5. The minimum Gasteiger partial charge on any atom is -0.365 e. The van der Waals surface area contributed by atoms with Crippen molar-refractivity contribution in [1.29, 1.82) is 0 Å². The monoisotopic (exact) mass is 261 g/mol. The van der Waals surface area contributed by atoms with E-state index in [4.69, 9.17) is 0 Å². The predicted octanol–water partition coefficient (Wildman–Crippen LogP) is 1.40. The number of fused-ring (bicyclic) bond motifs is 1. The molecular formula is C11H11N5OS. The van der Waals surface area contributed by atoms with Crippen LogP contribution in [-0.2, 0) is 6.54 Å². The van der Waals surface area contributed by atoms with Crippen LogP contribution in [0.5, 0.6) is 0 Å². The van der Waals surface area contributed by atoms with E-state index in [1.807, 2.05) is 11.4 Å². The van der Waals surface area contributed by atoms with Crippen LogP contribution in [0.1, 0.15) is 10.7 Å². The molecular weight excluding hydrogens is 250 g/mol. The minimum atomic E-state index is -0.264. The van der Waals surface area contributed by atoms with E-state index < -0.39 is 0 Å². The van der Waals surface area contributed by atoms with Crippen LogP contribution in [0.3, 0.4) is 0 Å². The van der Waals surface area contributed by atoms with Crippen LogP contribution in [0.25, 0.3) is 5.65 Å². The summed E-state index contributed by atoms with van der Waals surface area (Å²) in [7, 11) is 0. The molecule has 3 heterocycles. The lowest BCUT2D eigenvalue weighted by Gasteiger charge is -2.05. The molecule has 3 rings (SSSR count). The number of H-pyrrole nitrogens is 1. The van der Waals surface area contributed by atoms with Gasteiger partial charge in [-0.15, -0.1) is 11.3 Å². The number of nitrogens with one attached hydrogen (secondary N) is 2. The van der Waals surface area contributed by atoms with Crippen molar-refractivity contribution in [2.24, 2.45) is 0 Å². The fourth-order valence-corrected chi connectivity index (χ4v) is 2.42. The zero-order chi connectivity index (χ0) is 12.5. The van der Waals surface area contributed by atoms with Gasteiger partial charge in [0.25, 0.3) is 0 Å². The molecule has 0 bridgehead atoms. The fourth-order valence-electron chi connectivity index (χ4n) is 1.78. The average molecular weight is 261 g/mol. The summed E-state index contributed by atoms with van der Waals surface area (Å²) >= 11 is 1.69. The minimum absolute atomic E-state index is 0.264. The van der Waals surface area contributed by atoms with E-state index in [2.05, 4.69) is 26.6 Å². The summed E-state index contributed by atoms with van der Waals surface area (Å²) in [6, 6.07) is 5.82. The normalized spacial score (nSPS) is 10.9. The third kappa shape index (κ3) is 1.88. The zero-order valence-electron chi connectivity index (χ0n) is 9.67. The molecule has 3 aromatic heterocycles. The third-order valence-corrected chi connectivity index (χ3v) is 3.47. The van der Waals surface area contributed by atoms with E-state index in [9.17, 15) is 4.79 Å². The maximum atomic E-state index is 11.4. The largest absolute Gasteiger partial charge is 0.365 e. The first kappa shape index (κ1) is 11.0. The van der Waals surface area contributed by atoms with E-state index in [1.165, 1.54) is 9.28 Å². The van der Waals surface area contributed by atoms with Gasteiger partial charge in [0.05, 0.1) is 6.54 Å². The second-order valence-corrected chi connectivity index (χ2v) is 4.88. The molecule has 0 amide bonds. The van der Waals surface area contributed by atoms with Gasteiger partial charge in [0, 0.05) is 10.9 Å². The molecule has 0 aliphatic carbocycles. The van der Waals surface area contributed by atoms with Crippen molar-refractivity contribution in [3.05, 3.63) is 44.8 Å². The summed E-state index contributed by atoms with van der Waals surface area (Å²) in [6.45, 7) is 2.50. The molecule has 0 saturated heterocycles. The molecule has 0 atom stereocenters. The van der Waals surface area contributed by atoms with Gasteiger partial charge in [-0.3, -0.25) is 0 Å². The van der Waals surface area contributed by atoms with Crippen molar-refractivity contribution in [2.75, 3.05) is 5.32 Å². The maximum absolute atomic E-state index is 11.4. The summed E-state index contributed by atoms with van der Waals surface area (Å²) in [6.07, 6.45) is 0. The summed E-state index contributed by atoms with van der Waals surface area (Å²) < 4.78 is 1.44. The molecule has 0 aliphatic heterocycles. The van der Waals surface area contributed by atoms with Gasteiger partial charge in [-0.1, -0.05) is 6.07 Å². The van der Waals surface area contributed by atoms with E-state index in [-0.39, 0.29) is 5.69 Å². The third-order valence-electron chi connectivity index (χ3n) is 2.59. The number of nitrogens with zero attached hydrogens (tertiary/aromatic N) is 3. The first-order valence-corrected chi connectivity index (χ1v) is 6.33. The van der Waals surface area contributed by atoms with Crippen molar-refractivity contribution >= 4 is 22.8 Å². The topological polar surface area (TPSA) is 75.1 Å². The highest BCUT2D eigenvalue weighted by Crippen LogP contribution is 2.12. The van der Waals surface area contributed by atoms with E-state index in [1.54, 1.807) is 24.3 Å². The van der Waals surface area contributed by atoms with Crippen LogP contribution in [0.2, 0.25) is 0 Å². The highest BCUT2D eigenvalue weighted by Gasteiger charge is 2.06. The number of anilines is 1. The Morgan fingerprint density at radius 2 is 2.44 bits per heavy atom. The first-order valence-electron chi connectivity index (χ1n) is 5.45. The van der Waals surface area contributed by atoms with Crippen LogP contribution >= 0.6 is 11.3 Å². The van der Waals surface area contributed by atoms with E-state index in [0.29, 0.717) is 17.3 Å². The molecule has 92 valence electrons. The van der Waals surface area contributed by atoms with Crippen LogP contribution in [-0.4, -0.2) is 19.6 Å². The van der Waals surface area contributed by atoms with Crippen LogP contribution in [0.4, 0.5) is 5.82 Å². The van der Waals surface area contributed by atoms with Crippen LogP contribution in [0, 0.1) is 6.92 Å². The summed E-state index contributed by atoms with van der Waals surface area (Å²) in [5.74, 6) is 1.33. The Morgan fingerprint density at radius 1 is 1.56 bits per heavy atom. The number of aromatic amines is 1. The lowest BCUT2D eigenvalue weighted by Crippen LogP contribution is -2.14. The molecule has 3 aromatic rings. The average Bonchev–Trinajstić information content (AvgIpc) is 2.97. The van der Waals surface area contributed by atoms with Gasteiger partial charge in [0.1, 0.15) is 11.6 Å². The molecule has 0 fully saturated rings. The number of aryl methyl sites for hydroxylation is 1. The smallest absolute Gasteiger partial charge is 0.349 e. The SMILES string of the molecule is Cc1nc(NCc2cccs2)cc2n[nH]c(=O)n12. The predicted molar refractivity (Wildman–Crippen MR) is 70.0 cm³/mol. The van der Waals surface area contributed by atoms with Gasteiger partial charge in [-0.25, -0.2) is 19.3 Å². The number of rotatable bonds is 3. The molecule has 0 radical (unpaired) electrons. The van der Waals surface area contributed by atoms with Gasteiger partial charge >= 0.3 is 5.69 Å². The summed E-state index contributed by atoms with van der Waals surface area (Å²) in [5.41, 5.74) is 0.306. The Labute approximate surface area is 106 Å². The quantitative estimate of drug-likeness (QED) is 0.747. The molecule has 0 aliphatic rings. The van der Waals surface area contributed by atoms with Gasteiger partial charge in [0.2, 0.25) is 0 Å². The second kappa shape index (κ2) is 4.26. The van der Waals surface area contributed by atoms with Gasteiger partial charge in [-0.05, 0) is 18.4 Å². The van der Waals surface area contributed by atoms with Crippen LogP contribution < -0.4 is 11.0 Å². The Balaban J connectivity index is 1.91. The standard InChI is InChI=1S/C11H11N5OS/c1-7-13-9(12-6-8-3-2-4-18-8)5-10-14-15-11(17)16(7)10/h2-5,12H,6H2,1H3,(H,15,17). The molecule has 6 nitrogen and oxygen atoms in total. The van der Waals surface area contributed by atoms with Crippen molar-refractivity contribution in [3.8, 4) is 0 Å². The molecule has 0 spiro atoms. The van der Waals surface area contributed by atoms with Crippen molar-refractivity contribution in [3.63, 3.8) is 0 Å². The molecule has 18 heavy (non-hydrogen) atoms. The molecule has 0 unspecified atom stereocenters. The van der Waals surface area contributed by atoms with Gasteiger partial charge in [-0.2, -0.15) is 5.10 Å². The van der Waals surface area contributed by atoms with Crippen molar-refractivity contribution < 1.29 is 0 Å². The highest BCUT2D eigenvalue weighted by molar-refractivity contribution is 7.09. The lowest BCUT2D eigenvalue weighted by molar-refractivity contribution is 0.932. The number of thiophene rings is 1. The summed E-state index contributed by atoms with van der Waals surface area (Å²) in [5, 5.41) is 11.6. The fraction of sp³-hybridized carbons (Fsp3) is 0.182. The second-order valence-electron chi connectivity index (χ2n) is 3.84. The number of hydrogen-bond donors (Lipinski definition) is 2. The molecule has 2 N–H and O–H groups in total. The highest BCUT2D eigenvalue weighted by atomic mass is 32.1. The van der Waals surface area contributed by atoms with E-state index >= 15 is 0 Å². The van der Waals surface area contributed by atoms with Gasteiger partial charge in [0.15, 0.2) is 5.65 Å².